The van der Waals surface area contributed by atoms with Gasteiger partial charge in [-0.2, -0.15) is 0 Å². The summed E-state index contributed by atoms with van der Waals surface area (Å²) in [5.41, 5.74) is 2.79. The Balaban J connectivity index is 1.53. The molecular weight excluding hydrogens is 398 g/mol. The van der Waals surface area contributed by atoms with Gasteiger partial charge in [0, 0.05) is 26.2 Å². The van der Waals surface area contributed by atoms with Gasteiger partial charge in [0.15, 0.2) is 11.8 Å². The Morgan fingerprint density at radius 1 is 1.19 bits per heavy atom. The third-order valence-corrected chi connectivity index (χ3v) is 6.55. The van der Waals surface area contributed by atoms with E-state index in [2.05, 4.69) is 70.8 Å². The lowest BCUT2D eigenvalue weighted by Gasteiger charge is -2.24. The van der Waals surface area contributed by atoms with Crippen LogP contribution in [0, 0.1) is 6.92 Å². The van der Waals surface area contributed by atoms with Crippen molar-refractivity contribution in [3.63, 3.8) is 0 Å². The monoisotopic (exact) mass is 439 g/mol. The minimum Gasteiger partial charge on any atom is -0.356 e. The first-order chi connectivity index (χ1) is 15.5. The molecule has 1 atom stereocenters. The summed E-state index contributed by atoms with van der Waals surface area (Å²) in [6.07, 6.45) is 4.67. The third-order valence-electron chi connectivity index (χ3n) is 6.55. The van der Waals surface area contributed by atoms with Crippen LogP contribution in [0.2, 0.25) is 0 Å². The molecule has 1 aromatic carbocycles. The Kier molecular flexibility index (Phi) is 9.09. The van der Waals surface area contributed by atoms with Gasteiger partial charge in [-0.15, -0.1) is 10.2 Å². The van der Waals surface area contributed by atoms with Gasteiger partial charge in [-0.25, -0.2) is 4.99 Å². The molecule has 1 aliphatic rings. The van der Waals surface area contributed by atoms with Gasteiger partial charge in [0.1, 0.15) is 12.4 Å². The van der Waals surface area contributed by atoms with Crippen LogP contribution in [-0.4, -0.2) is 57.8 Å². The van der Waals surface area contributed by atoms with Crippen LogP contribution in [0.3, 0.4) is 0 Å². The molecular formula is C25H41N7. The Bertz CT molecular complexity index is 854. The Morgan fingerprint density at radius 2 is 1.97 bits per heavy atom. The normalized spacial score (nSPS) is 17.3. The van der Waals surface area contributed by atoms with Crippen LogP contribution in [0.4, 0.5) is 0 Å². The fourth-order valence-corrected chi connectivity index (χ4v) is 4.24. The number of aryl methyl sites for hydroxylation is 2. The molecule has 0 spiro atoms. The number of aliphatic imine (C=N–C) groups is 1. The van der Waals surface area contributed by atoms with E-state index >= 15 is 0 Å². The third kappa shape index (κ3) is 6.79. The molecule has 2 heterocycles. The molecule has 1 saturated heterocycles. The van der Waals surface area contributed by atoms with Gasteiger partial charge in [-0.1, -0.05) is 45.0 Å². The zero-order valence-electron chi connectivity index (χ0n) is 20.6. The molecule has 7 nitrogen and oxygen atoms in total. The highest BCUT2D eigenvalue weighted by Gasteiger charge is 2.22. The number of nitrogens with one attached hydrogen (secondary N) is 2. The van der Waals surface area contributed by atoms with E-state index in [1.54, 1.807) is 0 Å². The first-order valence-electron chi connectivity index (χ1n) is 12.2. The SMILES string of the molecule is CCN1CCCC1CNC(=NCc1nnc(C)n1C)NCCCc1ccc(C(C)C)cc1. The summed E-state index contributed by atoms with van der Waals surface area (Å²) in [5.74, 6) is 3.23. The summed E-state index contributed by atoms with van der Waals surface area (Å²) in [5, 5.41) is 15.5. The highest BCUT2D eigenvalue weighted by Crippen LogP contribution is 2.16. The molecule has 0 saturated carbocycles. The molecule has 0 bridgehead atoms. The number of guanidine groups is 1. The lowest BCUT2D eigenvalue weighted by atomic mass is 10.0. The number of hydrogen-bond donors (Lipinski definition) is 2. The Morgan fingerprint density at radius 3 is 2.62 bits per heavy atom. The maximum Gasteiger partial charge on any atom is 0.191 e. The van der Waals surface area contributed by atoms with E-state index in [0.29, 0.717) is 18.5 Å². The summed E-state index contributed by atoms with van der Waals surface area (Å²) >= 11 is 0. The largest absolute Gasteiger partial charge is 0.356 e. The number of hydrogen-bond acceptors (Lipinski definition) is 4. The lowest BCUT2D eigenvalue weighted by Crippen LogP contribution is -2.45. The number of rotatable bonds is 10. The van der Waals surface area contributed by atoms with Crippen molar-refractivity contribution in [1.82, 2.24) is 30.3 Å². The average molecular weight is 440 g/mol. The van der Waals surface area contributed by atoms with Gasteiger partial charge >= 0.3 is 0 Å². The maximum absolute atomic E-state index is 4.81. The molecule has 176 valence electrons. The van der Waals surface area contributed by atoms with E-state index < -0.39 is 0 Å². The molecule has 0 amide bonds. The van der Waals surface area contributed by atoms with E-state index in [1.165, 1.54) is 30.5 Å². The van der Waals surface area contributed by atoms with Gasteiger partial charge in [0.25, 0.3) is 0 Å². The average Bonchev–Trinajstić information content (AvgIpc) is 3.39. The topological polar surface area (TPSA) is 70.4 Å². The highest BCUT2D eigenvalue weighted by molar-refractivity contribution is 5.79. The van der Waals surface area contributed by atoms with E-state index in [-0.39, 0.29) is 0 Å². The van der Waals surface area contributed by atoms with Crippen LogP contribution < -0.4 is 10.6 Å². The number of likely N-dealkylation sites (N-methyl/N-ethyl adjacent to an activating group) is 1. The molecule has 1 unspecified atom stereocenters. The zero-order chi connectivity index (χ0) is 22.9. The zero-order valence-corrected chi connectivity index (χ0v) is 20.6. The second-order valence-electron chi connectivity index (χ2n) is 9.12. The van der Waals surface area contributed by atoms with Crippen molar-refractivity contribution in [2.24, 2.45) is 12.0 Å². The molecule has 3 rings (SSSR count). The van der Waals surface area contributed by atoms with Crippen molar-refractivity contribution in [2.75, 3.05) is 26.2 Å². The maximum atomic E-state index is 4.81. The Hall–Kier alpha value is -2.41. The molecule has 2 N–H and O–H groups in total. The van der Waals surface area contributed by atoms with Crippen molar-refractivity contribution in [3.8, 4) is 0 Å². The predicted octanol–water partition coefficient (Wildman–Crippen LogP) is 3.40. The summed E-state index contributed by atoms with van der Waals surface area (Å²) in [6, 6.07) is 9.62. The van der Waals surface area contributed by atoms with E-state index in [0.717, 1.165) is 50.1 Å². The minimum absolute atomic E-state index is 0.519. The number of likely N-dealkylation sites (tertiary alicyclic amines) is 1. The van der Waals surface area contributed by atoms with E-state index in [4.69, 9.17) is 4.99 Å². The van der Waals surface area contributed by atoms with Gasteiger partial charge in [-0.3, -0.25) is 4.90 Å². The lowest BCUT2D eigenvalue weighted by molar-refractivity contribution is 0.267. The highest BCUT2D eigenvalue weighted by atomic mass is 15.3. The van der Waals surface area contributed by atoms with Crippen molar-refractivity contribution in [1.29, 1.82) is 0 Å². The number of nitrogens with zero attached hydrogens (tertiary/aromatic N) is 5. The second-order valence-corrected chi connectivity index (χ2v) is 9.12. The smallest absolute Gasteiger partial charge is 0.191 e. The quantitative estimate of drug-likeness (QED) is 0.337. The van der Waals surface area contributed by atoms with Crippen LogP contribution in [0.15, 0.2) is 29.3 Å². The van der Waals surface area contributed by atoms with Crippen molar-refractivity contribution in [2.45, 2.75) is 71.9 Å². The van der Waals surface area contributed by atoms with Crippen LogP contribution in [0.25, 0.3) is 0 Å². The van der Waals surface area contributed by atoms with Crippen LogP contribution >= 0.6 is 0 Å². The van der Waals surface area contributed by atoms with Gasteiger partial charge in [-0.05, 0) is 62.7 Å². The van der Waals surface area contributed by atoms with Crippen LogP contribution in [0.1, 0.15) is 68.7 Å². The molecule has 7 heteroatoms. The first-order valence-corrected chi connectivity index (χ1v) is 12.2. The van der Waals surface area contributed by atoms with Gasteiger partial charge in [0.2, 0.25) is 0 Å². The van der Waals surface area contributed by atoms with Crippen LogP contribution in [-0.2, 0) is 20.0 Å². The first kappa shape index (κ1) is 24.2. The van der Waals surface area contributed by atoms with Crippen molar-refractivity contribution in [3.05, 3.63) is 47.0 Å². The molecule has 32 heavy (non-hydrogen) atoms. The molecule has 1 aliphatic heterocycles. The van der Waals surface area contributed by atoms with Gasteiger partial charge in [0.05, 0.1) is 0 Å². The summed E-state index contributed by atoms with van der Waals surface area (Å²) in [6.45, 7) is 13.3. The summed E-state index contributed by atoms with van der Waals surface area (Å²) in [7, 11) is 1.99. The van der Waals surface area contributed by atoms with Crippen molar-refractivity contribution >= 4 is 5.96 Å². The van der Waals surface area contributed by atoms with Crippen molar-refractivity contribution < 1.29 is 0 Å². The van der Waals surface area contributed by atoms with Crippen LogP contribution in [0.5, 0.6) is 0 Å². The molecule has 0 radical (unpaired) electrons. The number of benzene rings is 1. The van der Waals surface area contributed by atoms with E-state index in [1.807, 2.05) is 18.5 Å². The molecule has 1 fully saturated rings. The second kappa shape index (κ2) is 12.0. The van der Waals surface area contributed by atoms with E-state index in [9.17, 15) is 0 Å². The predicted molar refractivity (Wildman–Crippen MR) is 132 cm³/mol. The fourth-order valence-electron chi connectivity index (χ4n) is 4.24. The Labute approximate surface area is 193 Å². The standard InChI is InChI=1S/C25H41N7/c1-6-32-16-8-10-23(32)17-27-25(28-18-24-30-29-20(4)31(24)5)26-15-7-9-21-11-13-22(14-12-21)19(2)3/h11-14,19,23H,6-10,15-18H2,1-5H3,(H2,26,27,28). The number of aromatic nitrogens is 3. The molecule has 1 aromatic heterocycles. The van der Waals surface area contributed by atoms with Gasteiger partial charge < -0.3 is 15.2 Å². The summed E-state index contributed by atoms with van der Waals surface area (Å²) < 4.78 is 2.00. The molecule has 2 aromatic rings. The minimum atomic E-state index is 0.519. The summed E-state index contributed by atoms with van der Waals surface area (Å²) in [4.78, 5) is 7.36. The molecule has 0 aliphatic carbocycles. The fraction of sp³-hybridized carbons (Fsp3) is 0.640.